The van der Waals surface area contributed by atoms with Crippen LogP contribution in [0, 0.1) is 5.41 Å². The lowest BCUT2D eigenvalue weighted by Crippen LogP contribution is -2.38. The second kappa shape index (κ2) is 5.63. The van der Waals surface area contributed by atoms with E-state index in [4.69, 9.17) is 0 Å². The van der Waals surface area contributed by atoms with Gasteiger partial charge >= 0.3 is 0 Å². The van der Waals surface area contributed by atoms with Crippen molar-refractivity contribution >= 4 is 49.1 Å². The molecule has 1 N–H and O–H groups in total. The van der Waals surface area contributed by atoms with Crippen LogP contribution in [0.4, 0.5) is 0 Å². The van der Waals surface area contributed by atoms with E-state index in [1.165, 1.54) is 24.2 Å². The normalized spacial score (nSPS) is 19.8. The Balaban J connectivity index is 1.92. The second-order valence-electron chi connectivity index (χ2n) is 5.64. The van der Waals surface area contributed by atoms with Crippen LogP contribution in [-0.2, 0) is 0 Å². The summed E-state index contributed by atoms with van der Waals surface area (Å²) in [6.45, 7) is 4.61. The third-order valence-corrected chi connectivity index (χ3v) is 6.80. The Morgan fingerprint density at radius 3 is 2.50 bits per heavy atom. The zero-order valence-electron chi connectivity index (χ0n) is 10.6. The summed E-state index contributed by atoms with van der Waals surface area (Å²) in [4.78, 5) is 12.9. The molecule has 1 saturated carbocycles. The van der Waals surface area contributed by atoms with Crippen LogP contribution < -0.4 is 5.32 Å². The van der Waals surface area contributed by atoms with Crippen molar-refractivity contribution in [1.29, 1.82) is 0 Å². The number of halogens is 2. The summed E-state index contributed by atoms with van der Waals surface area (Å²) in [5.41, 5.74) is 0.441. The molecule has 100 valence electrons. The van der Waals surface area contributed by atoms with E-state index in [-0.39, 0.29) is 5.91 Å². The summed E-state index contributed by atoms with van der Waals surface area (Å²) in [5, 5.41) is 3.14. The van der Waals surface area contributed by atoms with Crippen molar-refractivity contribution in [2.24, 2.45) is 5.41 Å². The average Bonchev–Trinajstić information content (AvgIpc) is 2.62. The van der Waals surface area contributed by atoms with E-state index in [0.717, 1.165) is 26.0 Å². The van der Waals surface area contributed by atoms with Crippen molar-refractivity contribution in [3.63, 3.8) is 0 Å². The maximum absolute atomic E-state index is 12.1. The van der Waals surface area contributed by atoms with E-state index in [1.54, 1.807) is 0 Å². The number of rotatable bonds is 2. The Bertz CT molecular complexity index is 426. The fourth-order valence-corrected chi connectivity index (χ4v) is 4.20. The summed E-state index contributed by atoms with van der Waals surface area (Å²) in [7, 11) is 0. The molecule has 0 saturated heterocycles. The molecule has 1 fully saturated rings. The minimum atomic E-state index is 0.0520. The van der Waals surface area contributed by atoms with Gasteiger partial charge in [-0.2, -0.15) is 0 Å². The van der Waals surface area contributed by atoms with Gasteiger partial charge in [-0.25, -0.2) is 0 Å². The van der Waals surface area contributed by atoms with E-state index < -0.39 is 0 Å². The third-order valence-electron chi connectivity index (χ3n) is 3.54. The van der Waals surface area contributed by atoms with Crippen LogP contribution in [-0.4, -0.2) is 11.9 Å². The van der Waals surface area contributed by atoms with Crippen molar-refractivity contribution in [2.75, 3.05) is 0 Å². The number of hydrogen-bond donors (Lipinski definition) is 1. The van der Waals surface area contributed by atoms with Crippen LogP contribution in [0.25, 0.3) is 0 Å². The van der Waals surface area contributed by atoms with E-state index in [1.807, 2.05) is 6.07 Å². The molecular formula is C13H17Br2NOS. The van der Waals surface area contributed by atoms with E-state index in [2.05, 4.69) is 51.0 Å². The predicted molar refractivity (Wildman–Crippen MR) is 83.2 cm³/mol. The van der Waals surface area contributed by atoms with Crippen LogP contribution in [0.5, 0.6) is 0 Å². The van der Waals surface area contributed by atoms with Crippen LogP contribution in [0.3, 0.4) is 0 Å². The number of carbonyl (C=O) groups is 1. The Labute approximate surface area is 129 Å². The van der Waals surface area contributed by atoms with Crippen molar-refractivity contribution in [3.05, 3.63) is 19.2 Å². The molecule has 1 aliphatic carbocycles. The van der Waals surface area contributed by atoms with Gasteiger partial charge in [0.25, 0.3) is 5.91 Å². The first-order valence-corrected chi connectivity index (χ1v) is 8.53. The van der Waals surface area contributed by atoms with Gasteiger partial charge in [-0.1, -0.05) is 13.8 Å². The average molecular weight is 395 g/mol. The lowest BCUT2D eigenvalue weighted by atomic mass is 9.75. The number of nitrogens with one attached hydrogen (secondary N) is 1. The Morgan fingerprint density at radius 1 is 1.39 bits per heavy atom. The standard InChI is InChI=1S/C13H17Br2NOS/c1-13(2)5-3-8(4-6-13)16-12(17)10-7-9(14)11(15)18-10/h7-8H,3-6H2,1-2H3,(H,16,17). The number of carbonyl (C=O) groups excluding carboxylic acids is 1. The molecule has 1 aliphatic rings. The third kappa shape index (κ3) is 3.58. The van der Waals surface area contributed by atoms with Crippen molar-refractivity contribution in [2.45, 2.75) is 45.6 Å². The largest absolute Gasteiger partial charge is 0.349 e. The molecule has 5 heteroatoms. The van der Waals surface area contributed by atoms with Gasteiger partial charge in [0.1, 0.15) is 0 Å². The molecular weight excluding hydrogens is 378 g/mol. The molecule has 0 aliphatic heterocycles. The van der Waals surface area contributed by atoms with Crippen LogP contribution in [0.1, 0.15) is 49.2 Å². The van der Waals surface area contributed by atoms with Gasteiger partial charge < -0.3 is 5.32 Å². The molecule has 0 atom stereocenters. The van der Waals surface area contributed by atoms with Gasteiger partial charge in [0.05, 0.1) is 8.66 Å². The second-order valence-corrected chi connectivity index (χ2v) is 8.87. The zero-order chi connectivity index (χ0) is 13.3. The van der Waals surface area contributed by atoms with Crippen LogP contribution in [0.2, 0.25) is 0 Å². The number of hydrogen-bond acceptors (Lipinski definition) is 2. The monoisotopic (exact) mass is 393 g/mol. The molecule has 0 aromatic carbocycles. The first kappa shape index (κ1) is 14.5. The zero-order valence-corrected chi connectivity index (χ0v) is 14.5. The van der Waals surface area contributed by atoms with Crippen LogP contribution >= 0.6 is 43.2 Å². The molecule has 2 rings (SSSR count). The number of amides is 1. The van der Waals surface area contributed by atoms with E-state index in [0.29, 0.717) is 11.5 Å². The Morgan fingerprint density at radius 2 is 2.00 bits per heavy atom. The minimum absolute atomic E-state index is 0.0520. The van der Waals surface area contributed by atoms with Crippen LogP contribution in [0.15, 0.2) is 14.3 Å². The fraction of sp³-hybridized carbons (Fsp3) is 0.615. The summed E-state index contributed by atoms with van der Waals surface area (Å²) in [6, 6.07) is 2.21. The fourth-order valence-electron chi connectivity index (χ4n) is 2.26. The maximum atomic E-state index is 12.1. The highest BCUT2D eigenvalue weighted by Crippen LogP contribution is 2.36. The molecule has 0 spiro atoms. The number of thiophene rings is 1. The lowest BCUT2D eigenvalue weighted by molar-refractivity contribution is 0.0913. The molecule has 1 amide bonds. The first-order chi connectivity index (χ1) is 8.37. The SMILES string of the molecule is CC1(C)CCC(NC(=O)c2cc(Br)c(Br)s2)CC1. The maximum Gasteiger partial charge on any atom is 0.261 e. The van der Waals surface area contributed by atoms with Crippen molar-refractivity contribution < 1.29 is 4.79 Å². The highest BCUT2D eigenvalue weighted by Gasteiger charge is 2.28. The molecule has 0 unspecified atom stereocenters. The topological polar surface area (TPSA) is 29.1 Å². The van der Waals surface area contributed by atoms with Gasteiger partial charge in [0, 0.05) is 10.5 Å². The molecule has 2 nitrogen and oxygen atoms in total. The highest BCUT2D eigenvalue weighted by molar-refractivity contribution is 9.13. The summed E-state index contributed by atoms with van der Waals surface area (Å²) < 4.78 is 1.92. The summed E-state index contributed by atoms with van der Waals surface area (Å²) in [5.74, 6) is 0.0520. The molecule has 1 heterocycles. The molecule has 1 aromatic rings. The smallest absolute Gasteiger partial charge is 0.261 e. The Hall–Kier alpha value is 0.130. The van der Waals surface area contributed by atoms with Gasteiger partial charge in [-0.3, -0.25) is 4.79 Å². The van der Waals surface area contributed by atoms with Gasteiger partial charge in [-0.15, -0.1) is 11.3 Å². The van der Waals surface area contributed by atoms with Crippen molar-refractivity contribution in [3.8, 4) is 0 Å². The quantitative estimate of drug-likeness (QED) is 0.753. The first-order valence-electron chi connectivity index (χ1n) is 6.13. The molecule has 0 radical (unpaired) electrons. The predicted octanol–water partition coefficient (Wildman–Crippen LogP) is 4.97. The van der Waals surface area contributed by atoms with Gasteiger partial charge in [0.15, 0.2) is 0 Å². The summed E-state index contributed by atoms with van der Waals surface area (Å²) >= 11 is 8.29. The molecule has 1 aromatic heterocycles. The van der Waals surface area contributed by atoms with E-state index >= 15 is 0 Å². The van der Waals surface area contributed by atoms with Crippen molar-refractivity contribution in [1.82, 2.24) is 5.32 Å². The molecule has 18 heavy (non-hydrogen) atoms. The lowest BCUT2D eigenvalue weighted by Gasteiger charge is -2.34. The van der Waals surface area contributed by atoms with E-state index in [9.17, 15) is 4.79 Å². The molecule has 0 bridgehead atoms. The highest BCUT2D eigenvalue weighted by atomic mass is 79.9. The Kier molecular flexibility index (Phi) is 4.55. The minimum Gasteiger partial charge on any atom is -0.349 e. The van der Waals surface area contributed by atoms with Gasteiger partial charge in [0.2, 0.25) is 0 Å². The van der Waals surface area contributed by atoms with Gasteiger partial charge in [-0.05, 0) is 69.0 Å². The summed E-state index contributed by atoms with van der Waals surface area (Å²) in [6.07, 6.45) is 4.56.